The molecule has 0 radical (unpaired) electrons. The number of nitrogens with zero attached hydrogens (tertiary/aromatic N) is 1. The zero-order valence-electron chi connectivity index (χ0n) is 12.5. The van der Waals surface area contributed by atoms with E-state index in [-0.39, 0.29) is 22.8 Å². The molecule has 1 aromatic carbocycles. The number of carbonyl (C=O) groups is 1. The van der Waals surface area contributed by atoms with Crippen LogP contribution in [0, 0.1) is 5.92 Å². The second kappa shape index (κ2) is 6.75. The van der Waals surface area contributed by atoms with Gasteiger partial charge < -0.3 is 10.1 Å². The summed E-state index contributed by atoms with van der Waals surface area (Å²) < 4.78 is 6.67. The minimum Gasteiger partial charge on any atom is -0.491 e. The molecule has 0 bridgehead atoms. The zero-order valence-corrected chi connectivity index (χ0v) is 14.9. The van der Waals surface area contributed by atoms with Crippen molar-refractivity contribution in [1.29, 1.82) is 0 Å². The fraction of sp³-hybridized carbons (Fsp3) is 0.467. The number of ether oxygens (including phenoxy) is 1. The lowest BCUT2D eigenvalue weighted by molar-refractivity contribution is -0.116. The van der Waals surface area contributed by atoms with Gasteiger partial charge in [0.15, 0.2) is 5.13 Å². The molecule has 0 spiro atoms. The minimum atomic E-state index is -0.218. The Morgan fingerprint density at radius 3 is 2.67 bits per heavy atom. The number of fused-ring (bicyclic) bond motifs is 1. The summed E-state index contributed by atoms with van der Waals surface area (Å²) in [6, 6.07) is 5.76. The summed E-state index contributed by atoms with van der Waals surface area (Å²) in [6.45, 7) is 7.97. The first kappa shape index (κ1) is 16.2. The number of halogens is 1. The van der Waals surface area contributed by atoms with E-state index < -0.39 is 0 Å². The maximum Gasteiger partial charge on any atom is 0.240 e. The van der Waals surface area contributed by atoms with Crippen molar-refractivity contribution in [1.82, 2.24) is 4.98 Å². The van der Waals surface area contributed by atoms with Gasteiger partial charge in [-0.25, -0.2) is 4.98 Å². The number of aromatic nitrogens is 1. The molecule has 0 saturated heterocycles. The third-order valence-corrected chi connectivity index (χ3v) is 5.20. The number of hydrogen-bond acceptors (Lipinski definition) is 4. The normalized spacial score (nSPS) is 12.9. The summed E-state index contributed by atoms with van der Waals surface area (Å²) in [4.78, 5) is 16.2. The first-order valence-electron chi connectivity index (χ1n) is 6.89. The molecule has 1 aromatic heterocycles. The predicted octanol–water partition coefficient (Wildman–Crippen LogP) is 4.44. The van der Waals surface area contributed by atoms with Crippen LogP contribution in [-0.2, 0) is 4.79 Å². The van der Waals surface area contributed by atoms with Crippen LogP contribution in [0.4, 0.5) is 5.13 Å². The van der Waals surface area contributed by atoms with E-state index in [0.717, 1.165) is 16.0 Å². The van der Waals surface area contributed by atoms with Crippen molar-refractivity contribution in [2.24, 2.45) is 5.92 Å². The third kappa shape index (κ3) is 4.17. The van der Waals surface area contributed by atoms with Crippen molar-refractivity contribution in [3.63, 3.8) is 0 Å². The van der Waals surface area contributed by atoms with Gasteiger partial charge in [-0.15, -0.1) is 0 Å². The lowest BCUT2D eigenvalue weighted by Crippen LogP contribution is -2.26. The highest BCUT2D eigenvalue weighted by atomic mass is 79.9. The van der Waals surface area contributed by atoms with Gasteiger partial charge in [-0.3, -0.25) is 4.79 Å². The Bertz CT molecular complexity index is 640. The molecule has 1 amide bonds. The van der Waals surface area contributed by atoms with E-state index in [1.54, 1.807) is 0 Å². The molecule has 114 valence electrons. The summed E-state index contributed by atoms with van der Waals surface area (Å²) in [5.74, 6) is 0.979. The van der Waals surface area contributed by atoms with Crippen molar-refractivity contribution in [2.75, 3.05) is 5.32 Å². The number of hydrogen-bond donors (Lipinski definition) is 1. The highest BCUT2D eigenvalue weighted by molar-refractivity contribution is 9.10. The number of thiazole rings is 1. The fourth-order valence-electron chi connectivity index (χ4n) is 1.78. The largest absolute Gasteiger partial charge is 0.491 e. The summed E-state index contributed by atoms with van der Waals surface area (Å²) in [6.07, 6.45) is 0.134. The average molecular weight is 371 g/mol. The first-order chi connectivity index (χ1) is 9.86. The van der Waals surface area contributed by atoms with E-state index in [4.69, 9.17) is 4.74 Å². The van der Waals surface area contributed by atoms with Crippen LogP contribution < -0.4 is 10.1 Å². The molecule has 4 nitrogen and oxygen atoms in total. The summed E-state index contributed by atoms with van der Waals surface area (Å²) in [7, 11) is 0. The smallest absolute Gasteiger partial charge is 0.240 e. The Morgan fingerprint density at radius 1 is 1.33 bits per heavy atom. The number of anilines is 1. The molecule has 1 atom stereocenters. The molecular weight excluding hydrogens is 352 g/mol. The van der Waals surface area contributed by atoms with E-state index in [1.165, 1.54) is 11.3 Å². The van der Waals surface area contributed by atoms with Crippen molar-refractivity contribution < 1.29 is 9.53 Å². The highest BCUT2D eigenvalue weighted by Crippen LogP contribution is 2.30. The monoisotopic (exact) mass is 370 g/mol. The second-order valence-electron chi connectivity index (χ2n) is 5.45. The Kier molecular flexibility index (Phi) is 5.22. The van der Waals surface area contributed by atoms with Crippen LogP contribution in [-0.4, -0.2) is 21.8 Å². The number of rotatable bonds is 5. The van der Waals surface area contributed by atoms with Gasteiger partial charge in [0.05, 0.1) is 21.1 Å². The number of benzene rings is 1. The van der Waals surface area contributed by atoms with E-state index in [0.29, 0.717) is 5.13 Å². The predicted molar refractivity (Wildman–Crippen MR) is 91.6 cm³/mol. The fourth-order valence-corrected chi connectivity index (χ4v) is 2.79. The molecule has 2 aromatic rings. The topological polar surface area (TPSA) is 51.2 Å². The lowest BCUT2D eigenvalue weighted by atomic mass is 10.1. The Morgan fingerprint density at radius 2 is 2.05 bits per heavy atom. The van der Waals surface area contributed by atoms with Crippen LogP contribution in [0.2, 0.25) is 0 Å². The Balaban J connectivity index is 2.17. The van der Waals surface area contributed by atoms with Gasteiger partial charge in [0.25, 0.3) is 0 Å². The van der Waals surface area contributed by atoms with Gasteiger partial charge in [-0.05, 0) is 38.0 Å². The van der Waals surface area contributed by atoms with Crippen LogP contribution in [0.5, 0.6) is 5.75 Å². The molecule has 1 heterocycles. The maximum atomic E-state index is 12.0. The van der Waals surface area contributed by atoms with Gasteiger partial charge >= 0.3 is 0 Å². The summed E-state index contributed by atoms with van der Waals surface area (Å²) in [5.41, 5.74) is 0.863. The van der Waals surface area contributed by atoms with Crippen molar-refractivity contribution >= 4 is 48.5 Å². The number of amides is 1. The maximum absolute atomic E-state index is 12.0. The first-order valence-corrected chi connectivity index (χ1v) is 8.62. The van der Waals surface area contributed by atoms with Crippen molar-refractivity contribution in [3.8, 4) is 5.75 Å². The van der Waals surface area contributed by atoms with Crippen molar-refractivity contribution in [3.05, 3.63) is 18.2 Å². The highest BCUT2D eigenvalue weighted by Gasteiger charge is 2.19. The molecule has 0 aliphatic heterocycles. The van der Waals surface area contributed by atoms with Crippen LogP contribution in [0.1, 0.15) is 27.7 Å². The number of alkyl halides is 1. The standard InChI is InChI=1S/C15H19BrN2O2S/c1-8(2)13(16)14(19)18-15-17-11-6-5-10(20-9(3)4)7-12(11)21-15/h5-9,13H,1-4H3,(H,17,18,19)/t13-/m0/s1. The molecule has 1 N–H and O–H groups in total. The minimum absolute atomic E-state index is 0.0669. The number of carbonyl (C=O) groups excluding carboxylic acids is 1. The van der Waals surface area contributed by atoms with Crippen molar-refractivity contribution in [2.45, 2.75) is 38.6 Å². The molecule has 0 aliphatic carbocycles. The van der Waals surface area contributed by atoms with Gasteiger partial charge in [0.1, 0.15) is 5.75 Å². The van der Waals surface area contributed by atoms with E-state index in [2.05, 4.69) is 26.2 Å². The summed E-state index contributed by atoms with van der Waals surface area (Å²) >= 11 is 4.84. The molecule has 6 heteroatoms. The van der Waals surface area contributed by atoms with Gasteiger partial charge in [0, 0.05) is 0 Å². The molecule has 0 unspecified atom stereocenters. The zero-order chi connectivity index (χ0) is 15.6. The quantitative estimate of drug-likeness (QED) is 0.791. The number of nitrogens with one attached hydrogen (secondary N) is 1. The van der Waals surface area contributed by atoms with Gasteiger partial charge in [-0.2, -0.15) is 0 Å². The Labute approximate surface area is 137 Å². The van der Waals surface area contributed by atoms with E-state index in [9.17, 15) is 4.79 Å². The Hall–Kier alpha value is -1.14. The molecule has 2 rings (SSSR count). The van der Waals surface area contributed by atoms with E-state index in [1.807, 2.05) is 45.9 Å². The summed E-state index contributed by atoms with van der Waals surface area (Å²) in [5, 5.41) is 3.47. The molecule has 21 heavy (non-hydrogen) atoms. The molecule has 0 fully saturated rings. The SMILES string of the molecule is CC(C)Oc1ccc2nc(NC(=O)[C@@H](Br)C(C)C)sc2c1. The van der Waals surface area contributed by atoms with Gasteiger partial charge in [-0.1, -0.05) is 41.1 Å². The van der Waals surface area contributed by atoms with Crippen LogP contribution in [0.3, 0.4) is 0 Å². The second-order valence-corrected chi connectivity index (χ2v) is 7.47. The molecular formula is C15H19BrN2O2S. The average Bonchev–Trinajstić information content (AvgIpc) is 2.78. The molecule has 0 aliphatic rings. The van der Waals surface area contributed by atoms with Crippen LogP contribution in [0.15, 0.2) is 18.2 Å². The third-order valence-electron chi connectivity index (χ3n) is 2.80. The van der Waals surface area contributed by atoms with E-state index >= 15 is 0 Å². The lowest BCUT2D eigenvalue weighted by Gasteiger charge is -2.11. The van der Waals surface area contributed by atoms with Gasteiger partial charge in [0.2, 0.25) is 5.91 Å². The molecule has 0 saturated carbocycles. The van der Waals surface area contributed by atoms with Crippen LogP contribution >= 0.6 is 27.3 Å². The van der Waals surface area contributed by atoms with Crippen LogP contribution in [0.25, 0.3) is 10.2 Å².